The van der Waals surface area contributed by atoms with E-state index in [2.05, 4.69) is 14.7 Å². The number of amides is 1. The molecule has 2 heterocycles. The molecule has 0 bridgehead atoms. The molecule has 0 saturated carbocycles. The van der Waals surface area contributed by atoms with Crippen molar-refractivity contribution in [1.29, 1.82) is 0 Å². The summed E-state index contributed by atoms with van der Waals surface area (Å²) >= 11 is 0. The molecule has 0 spiro atoms. The third-order valence-electron chi connectivity index (χ3n) is 4.67. The third kappa shape index (κ3) is 3.12. The second kappa shape index (κ2) is 6.43. The minimum atomic E-state index is -4.74. The van der Waals surface area contributed by atoms with Crippen LogP contribution < -0.4 is 0 Å². The first-order valence-electron chi connectivity index (χ1n) is 8.34. The van der Waals surface area contributed by atoms with Gasteiger partial charge in [0.05, 0.1) is 6.04 Å². The number of benzene rings is 2. The van der Waals surface area contributed by atoms with Crippen molar-refractivity contribution in [3.8, 4) is 11.4 Å². The highest BCUT2D eigenvalue weighted by molar-refractivity contribution is 5.99. The summed E-state index contributed by atoms with van der Waals surface area (Å²) < 4.78 is 55.7. The molecule has 9 heteroatoms. The minimum Gasteiger partial charge on any atom is -0.329 e. The van der Waals surface area contributed by atoms with Gasteiger partial charge in [-0.1, -0.05) is 29.4 Å². The van der Waals surface area contributed by atoms with Crippen LogP contribution >= 0.6 is 0 Å². The van der Waals surface area contributed by atoms with Gasteiger partial charge in [0.25, 0.3) is 5.91 Å². The van der Waals surface area contributed by atoms with Crippen molar-refractivity contribution in [3.63, 3.8) is 0 Å². The van der Waals surface area contributed by atoms with Crippen LogP contribution in [0.4, 0.5) is 17.6 Å². The first kappa shape index (κ1) is 18.1. The minimum absolute atomic E-state index is 0.242. The third-order valence-corrected chi connectivity index (χ3v) is 4.67. The van der Waals surface area contributed by atoms with E-state index in [1.807, 2.05) is 0 Å². The molecule has 5 nitrogen and oxygen atoms in total. The number of halogens is 4. The van der Waals surface area contributed by atoms with Crippen LogP contribution in [-0.2, 0) is 12.7 Å². The van der Waals surface area contributed by atoms with Gasteiger partial charge in [0.1, 0.15) is 5.82 Å². The Kier molecular flexibility index (Phi) is 4.17. The first-order valence-corrected chi connectivity index (χ1v) is 8.34. The smallest absolute Gasteiger partial charge is 0.329 e. The maximum atomic E-state index is 13.5. The SMILES string of the molecule is CC(c1cccc(F)c1)N1Cc2ccc(-c3noc(C(F)(F)F)n3)cc2C1=O. The van der Waals surface area contributed by atoms with Crippen LogP contribution in [0, 0.1) is 5.82 Å². The Hall–Kier alpha value is -3.23. The maximum absolute atomic E-state index is 13.5. The van der Waals surface area contributed by atoms with Crippen molar-refractivity contribution in [1.82, 2.24) is 15.0 Å². The monoisotopic (exact) mass is 391 g/mol. The van der Waals surface area contributed by atoms with Crippen molar-refractivity contribution in [2.45, 2.75) is 25.7 Å². The number of rotatable bonds is 3. The van der Waals surface area contributed by atoms with Gasteiger partial charge >= 0.3 is 12.1 Å². The topological polar surface area (TPSA) is 59.2 Å². The van der Waals surface area contributed by atoms with E-state index < -0.39 is 17.9 Å². The van der Waals surface area contributed by atoms with Crippen molar-refractivity contribution in [2.75, 3.05) is 0 Å². The molecular weight excluding hydrogens is 378 g/mol. The van der Waals surface area contributed by atoms with Gasteiger partial charge in [0, 0.05) is 17.7 Å². The Labute approximate surface area is 156 Å². The zero-order valence-electron chi connectivity index (χ0n) is 14.5. The molecule has 1 aliphatic heterocycles. The zero-order chi connectivity index (χ0) is 20.1. The summed E-state index contributed by atoms with van der Waals surface area (Å²) in [5.41, 5.74) is 1.96. The Morgan fingerprint density at radius 1 is 1.18 bits per heavy atom. The van der Waals surface area contributed by atoms with Crippen LogP contribution in [0.5, 0.6) is 0 Å². The number of alkyl halides is 3. The number of aromatic nitrogens is 2. The van der Waals surface area contributed by atoms with Crippen molar-refractivity contribution in [3.05, 3.63) is 70.9 Å². The molecule has 0 fully saturated rings. The van der Waals surface area contributed by atoms with Gasteiger partial charge in [-0.2, -0.15) is 18.2 Å². The van der Waals surface area contributed by atoms with Gasteiger partial charge in [0.2, 0.25) is 5.82 Å². The van der Waals surface area contributed by atoms with E-state index in [1.165, 1.54) is 24.3 Å². The van der Waals surface area contributed by atoms with E-state index in [0.717, 1.165) is 5.56 Å². The highest BCUT2D eigenvalue weighted by Crippen LogP contribution is 2.34. The molecule has 0 N–H and O–H groups in total. The quantitative estimate of drug-likeness (QED) is 0.612. The second-order valence-electron chi connectivity index (χ2n) is 6.46. The normalized spacial score (nSPS) is 15.0. The molecule has 3 aromatic rings. The largest absolute Gasteiger partial charge is 0.471 e. The lowest BCUT2D eigenvalue weighted by Crippen LogP contribution is -2.27. The fourth-order valence-corrected chi connectivity index (χ4v) is 3.18. The average Bonchev–Trinajstić information content (AvgIpc) is 3.26. The van der Waals surface area contributed by atoms with Gasteiger partial charge < -0.3 is 9.42 Å². The van der Waals surface area contributed by atoms with E-state index in [1.54, 1.807) is 30.0 Å². The molecule has 1 aromatic heterocycles. The zero-order valence-corrected chi connectivity index (χ0v) is 14.5. The molecule has 4 rings (SSSR count). The first-order chi connectivity index (χ1) is 13.2. The predicted octanol–water partition coefficient (Wildman–Crippen LogP) is 4.61. The van der Waals surface area contributed by atoms with Crippen LogP contribution in [0.2, 0.25) is 0 Å². The lowest BCUT2D eigenvalue weighted by atomic mass is 10.1. The van der Waals surface area contributed by atoms with Gasteiger partial charge in [-0.05, 0) is 36.2 Å². The van der Waals surface area contributed by atoms with Crippen LogP contribution in [0.15, 0.2) is 47.0 Å². The molecule has 0 aliphatic carbocycles. The Bertz CT molecular complexity index is 1060. The number of carbonyl (C=O) groups excluding carboxylic acids is 1. The number of hydrogen-bond acceptors (Lipinski definition) is 4. The summed E-state index contributed by atoms with van der Waals surface area (Å²) in [5, 5.41) is 3.34. The molecule has 1 amide bonds. The highest BCUT2D eigenvalue weighted by Gasteiger charge is 2.39. The van der Waals surface area contributed by atoms with Gasteiger partial charge in [0.15, 0.2) is 0 Å². The van der Waals surface area contributed by atoms with E-state index in [9.17, 15) is 22.4 Å². The average molecular weight is 391 g/mol. The summed E-state index contributed by atoms with van der Waals surface area (Å²) in [6, 6.07) is 10.2. The highest BCUT2D eigenvalue weighted by atomic mass is 19.4. The van der Waals surface area contributed by atoms with Crippen LogP contribution in [0.1, 0.15) is 40.3 Å². The summed E-state index contributed by atoms with van der Waals surface area (Å²) in [4.78, 5) is 17.7. The number of hydrogen-bond donors (Lipinski definition) is 0. The Morgan fingerprint density at radius 3 is 2.64 bits per heavy atom. The number of nitrogens with zero attached hydrogens (tertiary/aromatic N) is 3. The standard InChI is InChI=1S/C19H13F4N3O2/c1-10(11-3-2-4-14(20)7-11)26-9-13-6-5-12(8-15(13)17(26)27)16-24-18(28-25-16)19(21,22)23/h2-8,10H,9H2,1H3. The summed E-state index contributed by atoms with van der Waals surface area (Å²) in [6.45, 7) is 2.10. The van der Waals surface area contributed by atoms with E-state index in [-0.39, 0.29) is 23.3 Å². The Morgan fingerprint density at radius 2 is 1.96 bits per heavy atom. The number of fused-ring (bicyclic) bond motifs is 1. The van der Waals surface area contributed by atoms with Crippen LogP contribution in [0.3, 0.4) is 0 Å². The van der Waals surface area contributed by atoms with Crippen LogP contribution in [0.25, 0.3) is 11.4 Å². The van der Waals surface area contributed by atoms with E-state index in [0.29, 0.717) is 17.7 Å². The molecule has 0 saturated heterocycles. The van der Waals surface area contributed by atoms with E-state index in [4.69, 9.17) is 0 Å². The fourth-order valence-electron chi connectivity index (χ4n) is 3.18. The molecule has 1 atom stereocenters. The molecule has 1 aliphatic rings. The van der Waals surface area contributed by atoms with Gasteiger partial charge in [-0.3, -0.25) is 4.79 Å². The van der Waals surface area contributed by atoms with Crippen LogP contribution in [-0.4, -0.2) is 20.9 Å². The van der Waals surface area contributed by atoms with E-state index >= 15 is 0 Å². The summed E-state index contributed by atoms with van der Waals surface area (Å²) in [7, 11) is 0. The molecule has 28 heavy (non-hydrogen) atoms. The summed E-state index contributed by atoms with van der Waals surface area (Å²) in [6.07, 6.45) is -4.74. The molecule has 144 valence electrons. The van der Waals surface area contributed by atoms with Crippen molar-refractivity contribution in [2.24, 2.45) is 0 Å². The molecular formula is C19H13F4N3O2. The van der Waals surface area contributed by atoms with Gasteiger partial charge in [-0.25, -0.2) is 4.39 Å². The summed E-state index contributed by atoms with van der Waals surface area (Å²) in [5.74, 6) is -2.39. The van der Waals surface area contributed by atoms with Crippen molar-refractivity contribution >= 4 is 5.91 Å². The molecule has 2 aromatic carbocycles. The van der Waals surface area contributed by atoms with Crippen molar-refractivity contribution < 1.29 is 26.9 Å². The Balaban J connectivity index is 1.62. The maximum Gasteiger partial charge on any atom is 0.471 e. The fraction of sp³-hybridized carbons (Fsp3) is 0.211. The lowest BCUT2D eigenvalue weighted by molar-refractivity contribution is -0.159. The number of carbonyl (C=O) groups is 1. The lowest BCUT2D eigenvalue weighted by Gasteiger charge is -2.24. The molecule has 0 radical (unpaired) electrons. The molecule has 1 unspecified atom stereocenters. The second-order valence-corrected chi connectivity index (χ2v) is 6.46. The van der Waals surface area contributed by atoms with Gasteiger partial charge in [-0.15, -0.1) is 0 Å². The predicted molar refractivity (Wildman–Crippen MR) is 89.4 cm³/mol.